The van der Waals surface area contributed by atoms with Crippen LogP contribution in [0, 0.1) is 5.82 Å². The van der Waals surface area contributed by atoms with Gasteiger partial charge in [0.15, 0.2) is 0 Å². The van der Waals surface area contributed by atoms with E-state index in [4.69, 9.17) is 16.3 Å². The van der Waals surface area contributed by atoms with Crippen molar-refractivity contribution in [2.45, 2.75) is 5.88 Å². The van der Waals surface area contributed by atoms with Crippen LogP contribution >= 0.6 is 27.5 Å². The van der Waals surface area contributed by atoms with Crippen molar-refractivity contribution in [1.29, 1.82) is 0 Å². The Hall–Kier alpha value is -1.59. The highest BCUT2D eigenvalue weighted by atomic mass is 79.9. The van der Waals surface area contributed by atoms with Crippen molar-refractivity contribution < 1.29 is 9.13 Å². The molecular formula is C15H11BrClFN2O. The first-order valence-electron chi connectivity index (χ1n) is 6.21. The topological polar surface area (TPSA) is 27.1 Å². The maximum Gasteiger partial charge on any atom is 0.146 e. The molecular weight excluding hydrogens is 359 g/mol. The Labute approximate surface area is 134 Å². The molecule has 0 saturated carbocycles. The second kappa shape index (κ2) is 5.66. The second-order valence-corrected chi connectivity index (χ2v) is 5.54. The molecule has 0 unspecified atom stereocenters. The lowest BCUT2D eigenvalue weighted by molar-refractivity contribution is 0.419. The van der Waals surface area contributed by atoms with Crippen LogP contribution in [0.25, 0.3) is 16.7 Å². The first kappa shape index (κ1) is 14.4. The number of ether oxygens (including phenoxy) is 1. The second-order valence-electron chi connectivity index (χ2n) is 4.42. The molecule has 0 radical (unpaired) electrons. The van der Waals surface area contributed by atoms with Crippen molar-refractivity contribution in [3.8, 4) is 11.4 Å². The molecule has 0 spiro atoms. The largest absolute Gasteiger partial charge is 0.494 e. The van der Waals surface area contributed by atoms with Crippen LogP contribution in [0.4, 0.5) is 4.39 Å². The van der Waals surface area contributed by atoms with E-state index in [1.165, 1.54) is 12.1 Å². The van der Waals surface area contributed by atoms with Crippen molar-refractivity contribution in [2.24, 2.45) is 0 Å². The van der Waals surface area contributed by atoms with E-state index in [1.54, 1.807) is 13.2 Å². The average molecular weight is 370 g/mol. The van der Waals surface area contributed by atoms with Crippen LogP contribution in [-0.2, 0) is 5.88 Å². The molecule has 0 bridgehead atoms. The van der Waals surface area contributed by atoms with Gasteiger partial charge in [0, 0.05) is 4.47 Å². The number of aromatic nitrogens is 2. The Kier molecular flexibility index (Phi) is 3.87. The van der Waals surface area contributed by atoms with Gasteiger partial charge in [-0.3, -0.25) is 4.57 Å². The highest BCUT2D eigenvalue weighted by Gasteiger charge is 2.16. The summed E-state index contributed by atoms with van der Waals surface area (Å²) in [7, 11) is 1.60. The van der Waals surface area contributed by atoms with Crippen molar-refractivity contribution in [3.63, 3.8) is 0 Å². The summed E-state index contributed by atoms with van der Waals surface area (Å²) in [6.07, 6.45) is 0. The summed E-state index contributed by atoms with van der Waals surface area (Å²) >= 11 is 9.41. The highest BCUT2D eigenvalue weighted by Crippen LogP contribution is 2.32. The molecule has 1 aromatic heterocycles. The molecule has 0 aliphatic heterocycles. The number of benzene rings is 2. The standard InChI is InChI=1S/C15H11BrClFN2O/c1-21-13-4-2-3-12-15(13)19-14(8-17)20(12)11-6-5-9(18)7-10(11)16/h2-7H,8H2,1H3. The molecule has 21 heavy (non-hydrogen) atoms. The van der Waals surface area contributed by atoms with Gasteiger partial charge in [-0.05, 0) is 46.3 Å². The summed E-state index contributed by atoms with van der Waals surface area (Å²) in [5.74, 6) is 1.28. The van der Waals surface area contributed by atoms with Gasteiger partial charge in [-0.1, -0.05) is 6.07 Å². The van der Waals surface area contributed by atoms with Crippen LogP contribution in [0.15, 0.2) is 40.9 Å². The Morgan fingerprint density at radius 1 is 1.33 bits per heavy atom. The van der Waals surface area contributed by atoms with Gasteiger partial charge in [-0.15, -0.1) is 11.6 Å². The lowest BCUT2D eigenvalue weighted by Crippen LogP contribution is -2.00. The monoisotopic (exact) mass is 368 g/mol. The zero-order chi connectivity index (χ0) is 15.0. The number of hydrogen-bond donors (Lipinski definition) is 0. The fraction of sp³-hybridized carbons (Fsp3) is 0.133. The van der Waals surface area contributed by atoms with Crippen LogP contribution in [0.1, 0.15) is 5.82 Å². The van der Waals surface area contributed by atoms with Gasteiger partial charge < -0.3 is 4.74 Å². The molecule has 0 saturated heterocycles. The van der Waals surface area contributed by atoms with Gasteiger partial charge >= 0.3 is 0 Å². The highest BCUT2D eigenvalue weighted by molar-refractivity contribution is 9.10. The van der Waals surface area contributed by atoms with E-state index >= 15 is 0 Å². The molecule has 108 valence electrons. The number of fused-ring (bicyclic) bond motifs is 1. The first-order chi connectivity index (χ1) is 10.2. The molecule has 6 heteroatoms. The number of alkyl halides is 1. The SMILES string of the molecule is COc1cccc2c1nc(CCl)n2-c1ccc(F)cc1Br. The van der Waals surface area contributed by atoms with E-state index in [0.717, 1.165) is 16.7 Å². The third-order valence-corrected chi connectivity index (χ3v) is 4.08. The summed E-state index contributed by atoms with van der Waals surface area (Å²) in [4.78, 5) is 4.53. The molecule has 0 amide bonds. The normalized spacial score (nSPS) is 11.0. The number of nitrogens with zero attached hydrogens (tertiary/aromatic N) is 2. The summed E-state index contributed by atoms with van der Waals surface area (Å²) in [5, 5.41) is 0. The Balaban J connectivity index is 2.35. The number of hydrogen-bond acceptors (Lipinski definition) is 2. The van der Waals surface area contributed by atoms with Crippen LogP contribution in [0.5, 0.6) is 5.75 Å². The first-order valence-corrected chi connectivity index (χ1v) is 7.54. The lowest BCUT2D eigenvalue weighted by Gasteiger charge is -2.10. The predicted molar refractivity (Wildman–Crippen MR) is 84.8 cm³/mol. The van der Waals surface area contributed by atoms with E-state index in [0.29, 0.717) is 16.0 Å². The van der Waals surface area contributed by atoms with Crippen LogP contribution in [0.3, 0.4) is 0 Å². The minimum atomic E-state index is -0.306. The maximum atomic E-state index is 13.3. The van der Waals surface area contributed by atoms with Gasteiger partial charge in [-0.25, -0.2) is 9.37 Å². The van der Waals surface area contributed by atoms with Gasteiger partial charge in [0.05, 0.1) is 24.2 Å². The van der Waals surface area contributed by atoms with E-state index in [2.05, 4.69) is 20.9 Å². The van der Waals surface area contributed by atoms with E-state index < -0.39 is 0 Å². The third kappa shape index (κ3) is 2.40. The van der Waals surface area contributed by atoms with E-state index in [9.17, 15) is 4.39 Å². The van der Waals surface area contributed by atoms with Gasteiger partial charge in [0.2, 0.25) is 0 Å². The molecule has 1 heterocycles. The van der Waals surface area contributed by atoms with E-state index in [-0.39, 0.29) is 11.7 Å². The fourth-order valence-corrected chi connectivity index (χ4v) is 3.01. The van der Waals surface area contributed by atoms with Gasteiger partial charge in [0.1, 0.15) is 22.9 Å². The lowest BCUT2D eigenvalue weighted by atomic mass is 10.2. The summed E-state index contributed by atoms with van der Waals surface area (Å²) in [5.41, 5.74) is 2.37. The minimum Gasteiger partial charge on any atom is -0.494 e. The minimum absolute atomic E-state index is 0.238. The Bertz CT molecular complexity index is 819. The molecule has 3 rings (SSSR count). The van der Waals surface area contributed by atoms with E-state index in [1.807, 2.05) is 22.8 Å². The smallest absolute Gasteiger partial charge is 0.146 e. The van der Waals surface area contributed by atoms with Crippen LogP contribution in [0.2, 0.25) is 0 Å². The van der Waals surface area contributed by atoms with Crippen molar-refractivity contribution >= 4 is 38.6 Å². The van der Waals surface area contributed by atoms with Crippen molar-refractivity contribution in [3.05, 3.63) is 52.5 Å². The number of methoxy groups -OCH3 is 1. The summed E-state index contributed by atoms with van der Waals surface area (Å²) in [6, 6.07) is 10.2. The van der Waals surface area contributed by atoms with Crippen LogP contribution < -0.4 is 4.74 Å². The zero-order valence-corrected chi connectivity index (χ0v) is 13.4. The molecule has 0 aliphatic carbocycles. The number of rotatable bonds is 3. The van der Waals surface area contributed by atoms with Crippen molar-refractivity contribution in [1.82, 2.24) is 9.55 Å². The number of halogens is 3. The molecule has 0 fully saturated rings. The Morgan fingerprint density at radius 3 is 2.81 bits per heavy atom. The molecule has 0 aliphatic rings. The van der Waals surface area contributed by atoms with Crippen molar-refractivity contribution in [2.75, 3.05) is 7.11 Å². The summed E-state index contributed by atoms with van der Waals surface area (Å²) in [6.45, 7) is 0. The zero-order valence-electron chi connectivity index (χ0n) is 11.1. The molecule has 0 N–H and O–H groups in total. The average Bonchev–Trinajstić information content (AvgIpc) is 2.85. The third-order valence-electron chi connectivity index (χ3n) is 3.21. The van der Waals surface area contributed by atoms with Gasteiger partial charge in [0.25, 0.3) is 0 Å². The molecule has 3 aromatic rings. The Morgan fingerprint density at radius 2 is 2.14 bits per heavy atom. The quantitative estimate of drug-likeness (QED) is 0.627. The molecule has 2 aromatic carbocycles. The van der Waals surface area contributed by atoms with Crippen LogP contribution in [-0.4, -0.2) is 16.7 Å². The maximum absolute atomic E-state index is 13.3. The summed E-state index contributed by atoms with van der Waals surface area (Å²) < 4.78 is 21.2. The molecule has 0 atom stereocenters. The molecule has 3 nitrogen and oxygen atoms in total. The fourth-order valence-electron chi connectivity index (χ4n) is 2.31. The number of imidazole rings is 1. The number of para-hydroxylation sites is 1. The predicted octanol–water partition coefficient (Wildman–Crippen LogP) is 4.67. The van der Waals surface area contributed by atoms with Gasteiger partial charge in [-0.2, -0.15) is 0 Å².